The van der Waals surface area contributed by atoms with E-state index in [1.807, 2.05) is 10.2 Å². The number of non-ortho nitro benzene ring substituents is 1. The molecule has 0 radical (unpaired) electrons. The van der Waals surface area contributed by atoms with Gasteiger partial charge in [-0.15, -0.1) is 0 Å². The lowest BCUT2D eigenvalue weighted by Crippen LogP contribution is -2.26. The lowest BCUT2D eigenvalue weighted by molar-refractivity contribution is -0.384. The molecule has 0 unspecified atom stereocenters. The zero-order chi connectivity index (χ0) is 14.2. The van der Waals surface area contributed by atoms with Gasteiger partial charge in [0.15, 0.2) is 0 Å². The second kappa shape index (κ2) is 4.25. The van der Waals surface area contributed by atoms with Gasteiger partial charge in [0.25, 0.3) is 5.69 Å². The molecule has 1 aromatic carbocycles. The molecule has 3 N–H and O–H groups in total. The standard InChI is InChI=1S/C9H6N4O6/c14-7(15)5-2-1-4(13(18)19)3-6(5)12-8(16)10-11-9(12)17/h1-3H,(H,10,16)(H,11,17)(H,14,15). The summed E-state index contributed by atoms with van der Waals surface area (Å²) in [5.41, 5.74) is -3.07. The molecule has 1 heterocycles. The van der Waals surface area contributed by atoms with Crippen molar-refractivity contribution in [3.05, 3.63) is 54.8 Å². The highest BCUT2D eigenvalue weighted by atomic mass is 16.6. The summed E-state index contributed by atoms with van der Waals surface area (Å²) in [5.74, 6) is -1.42. The summed E-state index contributed by atoms with van der Waals surface area (Å²) in [6.07, 6.45) is 0. The van der Waals surface area contributed by atoms with E-state index in [1.165, 1.54) is 0 Å². The maximum absolute atomic E-state index is 11.4. The summed E-state index contributed by atoms with van der Waals surface area (Å²) in [6, 6.07) is 2.77. The van der Waals surface area contributed by atoms with Gasteiger partial charge in [-0.2, -0.15) is 0 Å². The van der Waals surface area contributed by atoms with Gasteiger partial charge in [0.1, 0.15) is 0 Å². The molecule has 10 nitrogen and oxygen atoms in total. The molecule has 0 fully saturated rings. The highest BCUT2D eigenvalue weighted by Gasteiger charge is 2.19. The van der Waals surface area contributed by atoms with Crippen LogP contribution in [0.2, 0.25) is 0 Å². The Morgan fingerprint density at radius 3 is 2.32 bits per heavy atom. The highest BCUT2D eigenvalue weighted by molar-refractivity contribution is 5.92. The molecule has 0 aliphatic heterocycles. The number of carbonyl (C=O) groups is 1. The van der Waals surface area contributed by atoms with Crippen molar-refractivity contribution in [3.63, 3.8) is 0 Å². The first-order chi connectivity index (χ1) is 8.91. The quantitative estimate of drug-likeness (QED) is 0.501. The summed E-state index contributed by atoms with van der Waals surface area (Å²) >= 11 is 0. The van der Waals surface area contributed by atoms with Crippen molar-refractivity contribution in [2.75, 3.05) is 0 Å². The molecule has 0 bridgehead atoms. The van der Waals surface area contributed by atoms with Crippen LogP contribution in [0.15, 0.2) is 27.8 Å². The fourth-order valence-corrected chi connectivity index (χ4v) is 1.53. The summed E-state index contributed by atoms with van der Waals surface area (Å²) in [6.45, 7) is 0. The van der Waals surface area contributed by atoms with E-state index in [0.717, 1.165) is 18.2 Å². The molecular weight excluding hydrogens is 260 g/mol. The van der Waals surface area contributed by atoms with Crippen LogP contribution in [0.3, 0.4) is 0 Å². The third-order valence-corrected chi connectivity index (χ3v) is 2.35. The van der Waals surface area contributed by atoms with Crippen LogP contribution in [-0.4, -0.2) is 30.8 Å². The molecule has 98 valence electrons. The smallest absolute Gasteiger partial charge is 0.349 e. The maximum Gasteiger partial charge on any atom is 0.349 e. The number of carboxylic acids is 1. The molecule has 0 aliphatic rings. The molecule has 10 heteroatoms. The van der Waals surface area contributed by atoms with Crippen molar-refractivity contribution in [2.45, 2.75) is 0 Å². The number of benzene rings is 1. The molecule has 19 heavy (non-hydrogen) atoms. The van der Waals surface area contributed by atoms with Crippen LogP contribution in [0.1, 0.15) is 10.4 Å². The predicted molar refractivity (Wildman–Crippen MR) is 60.6 cm³/mol. The van der Waals surface area contributed by atoms with Gasteiger partial charge in [0.05, 0.1) is 16.2 Å². The van der Waals surface area contributed by atoms with E-state index < -0.39 is 33.5 Å². The van der Waals surface area contributed by atoms with Gasteiger partial charge < -0.3 is 5.11 Å². The Kier molecular flexibility index (Phi) is 2.75. The van der Waals surface area contributed by atoms with Crippen molar-refractivity contribution in [1.29, 1.82) is 0 Å². The summed E-state index contributed by atoms with van der Waals surface area (Å²) < 4.78 is 0.469. The highest BCUT2D eigenvalue weighted by Crippen LogP contribution is 2.19. The lowest BCUT2D eigenvalue weighted by atomic mass is 10.1. The predicted octanol–water partition coefficient (Wildman–Crippen LogP) is -0.540. The molecule has 1 aromatic heterocycles. The average Bonchev–Trinajstić information content (AvgIpc) is 2.68. The Morgan fingerprint density at radius 1 is 1.26 bits per heavy atom. The Hall–Kier alpha value is -3.17. The number of aromatic carboxylic acids is 1. The molecule has 0 saturated carbocycles. The van der Waals surface area contributed by atoms with Gasteiger partial charge in [-0.3, -0.25) is 10.1 Å². The van der Waals surface area contributed by atoms with E-state index >= 15 is 0 Å². The summed E-state index contributed by atoms with van der Waals surface area (Å²) in [4.78, 5) is 43.7. The minimum atomic E-state index is -1.42. The van der Waals surface area contributed by atoms with E-state index in [4.69, 9.17) is 5.11 Å². The Morgan fingerprint density at radius 2 is 1.84 bits per heavy atom. The average molecular weight is 266 g/mol. The number of hydrogen-bond donors (Lipinski definition) is 3. The van der Waals surface area contributed by atoms with Crippen LogP contribution in [0.4, 0.5) is 5.69 Å². The van der Waals surface area contributed by atoms with Gasteiger partial charge in [-0.05, 0) is 6.07 Å². The maximum atomic E-state index is 11.4. The van der Waals surface area contributed by atoms with E-state index in [9.17, 15) is 24.5 Å². The topological polar surface area (TPSA) is 151 Å². The first-order valence-electron chi connectivity index (χ1n) is 4.83. The first-order valence-corrected chi connectivity index (χ1v) is 4.83. The Balaban J connectivity index is 2.83. The van der Waals surface area contributed by atoms with Crippen molar-refractivity contribution in [2.24, 2.45) is 0 Å². The van der Waals surface area contributed by atoms with Crippen LogP contribution in [0, 0.1) is 10.1 Å². The van der Waals surface area contributed by atoms with E-state index in [-0.39, 0.29) is 5.69 Å². The van der Waals surface area contributed by atoms with E-state index in [0.29, 0.717) is 4.57 Å². The zero-order valence-corrected chi connectivity index (χ0v) is 9.11. The fraction of sp³-hybridized carbons (Fsp3) is 0. The third kappa shape index (κ3) is 2.01. The van der Waals surface area contributed by atoms with Crippen LogP contribution in [-0.2, 0) is 0 Å². The molecule has 0 aliphatic carbocycles. The van der Waals surface area contributed by atoms with Gasteiger partial charge in [-0.1, -0.05) is 0 Å². The van der Waals surface area contributed by atoms with Gasteiger partial charge in [0.2, 0.25) is 0 Å². The summed E-state index contributed by atoms with van der Waals surface area (Å²) in [7, 11) is 0. The van der Waals surface area contributed by atoms with Gasteiger partial charge in [-0.25, -0.2) is 29.1 Å². The zero-order valence-electron chi connectivity index (χ0n) is 9.11. The minimum Gasteiger partial charge on any atom is -0.478 e. The molecular formula is C9H6N4O6. The molecule has 2 aromatic rings. The Bertz CT molecular complexity index is 755. The number of nitro groups is 1. The van der Waals surface area contributed by atoms with Gasteiger partial charge in [0, 0.05) is 12.1 Å². The first kappa shape index (κ1) is 12.3. The van der Waals surface area contributed by atoms with Crippen LogP contribution in [0.25, 0.3) is 5.69 Å². The number of rotatable bonds is 3. The number of aromatic amines is 2. The normalized spacial score (nSPS) is 10.3. The van der Waals surface area contributed by atoms with Crippen molar-refractivity contribution >= 4 is 11.7 Å². The fourth-order valence-electron chi connectivity index (χ4n) is 1.53. The van der Waals surface area contributed by atoms with Crippen molar-refractivity contribution in [1.82, 2.24) is 14.8 Å². The number of carboxylic acid groups (broad SMARTS) is 1. The monoisotopic (exact) mass is 266 g/mol. The Labute approximate surface area is 103 Å². The van der Waals surface area contributed by atoms with Crippen LogP contribution >= 0.6 is 0 Å². The van der Waals surface area contributed by atoms with E-state index in [2.05, 4.69) is 0 Å². The van der Waals surface area contributed by atoms with Crippen molar-refractivity contribution < 1.29 is 14.8 Å². The lowest BCUT2D eigenvalue weighted by Gasteiger charge is -2.04. The number of hydrogen-bond acceptors (Lipinski definition) is 5. The number of nitrogens with one attached hydrogen (secondary N) is 2. The molecule has 2 rings (SSSR count). The number of nitro benzene ring substituents is 1. The van der Waals surface area contributed by atoms with Crippen LogP contribution in [0.5, 0.6) is 0 Å². The minimum absolute atomic E-state index is 0.380. The summed E-state index contributed by atoms with van der Waals surface area (Å²) in [5, 5.41) is 23.5. The molecule has 0 amide bonds. The van der Waals surface area contributed by atoms with Crippen molar-refractivity contribution in [3.8, 4) is 5.69 Å². The largest absolute Gasteiger partial charge is 0.478 e. The molecule has 0 spiro atoms. The third-order valence-electron chi connectivity index (χ3n) is 2.35. The number of H-pyrrole nitrogens is 2. The SMILES string of the molecule is O=C(O)c1ccc([N+](=O)[O-])cc1-n1c(=O)[nH][nH]c1=O. The molecule has 0 saturated heterocycles. The van der Waals surface area contributed by atoms with E-state index in [1.54, 1.807) is 0 Å². The van der Waals surface area contributed by atoms with Gasteiger partial charge >= 0.3 is 17.3 Å². The second-order valence-corrected chi connectivity index (χ2v) is 3.46. The number of aromatic nitrogens is 3. The molecule has 0 atom stereocenters. The van der Waals surface area contributed by atoms with Crippen LogP contribution < -0.4 is 11.4 Å². The number of nitrogens with zero attached hydrogens (tertiary/aromatic N) is 2. The second-order valence-electron chi connectivity index (χ2n) is 3.46.